The van der Waals surface area contributed by atoms with Crippen molar-refractivity contribution < 1.29 is 23.1 Å². The number of amides is 1. The molecule has 0 bridgehead atoms. The second-order valence-electron chi connectivity index (χ2n) is 4.39. The van der Waals surface area contributed by atoms with Gasteiger partial charge in [0.05, 0.1) is 6.42 Å². The van der Waals surface area contributed by atoms with Gasteiger partial charge in [-0.15, -0.1) is 0 Å². The largest absolute Gasteiger partial charge is 0.441 e. The zero-order valence-corrected chi connectivity index (χ0v) is 10.3. The second-order valence-corrected chi connectivity index (χ2v) is 4.39. The van der Waals surface area contributed by atoms with Crippen molar-refractivity contribution in [1.82, 2.24) is 4.90 Å². The third kappa shape index (κ3) is 2.89. The maximum absolute atomic E-state index is 13.4. The third-order valence-electron chi connectivity index (χ3n) is 2.85. The Kier molecular flexibility index (Phi) is 3.50. The molecule has 1 aliphatic rings. The molecule has 0 saturated carbocycles. The van der Waals surface area contributed by atoms with Crippen LogP contribution in [0.25, 0.3) is 0 Å². The zero-order valence-electron chi connectivity index (χ0n) is 10.3. The molecule has 0 aliphatic carbocycles. The first-order valence-corrected chi connectivity index (χ1v) is 5.80. The second kappa shape index (κ2) is 4.95. The minimum absolute atomic E-state index is 0.00674. The van der Waals surface area contributed by atoms with Crippen molar-refractivity contribution in [2.45, 2.75) is 32.0 Å². The number of hydrogen-bond donors (Lipinski definition) is 0. The van der Waals surface area contributed by atoms with Gasteiger partial charge in [0.1, 0.15) is 0 Å². The summed E-state index contributed by atoms with van der Waals surface area (Å²) in [6.45, 7) is 1.12. The standard InChI is InChI=1S/C13H13F2NO3/c1-9(17)19-11-7-13(14,15)12(18)16(11)8-10-5-3-2-4-6-10/h2-6,11H,7-8H2,1H3. The van der Waals surface area contributed by atoms with Crippen molar-refractivity contribution in [2.24, 2.45) is 0 Å². The molecule has 0 N–H and O–H groups in total. The van der Waals surface area contributed by atoms with Crippen LogP contribution >= 0.6 is 0 Å². The van der Waals surface area contributed by atoms with Crippen LogP contribution in [0, 0.1) is 0 Å². The highest BCUT2D eigenvalue weighted by molar-refractivity contribution is 5.86. The lowest BCUT2D eigenvalue weighted by Crippen LogP contribution is -2.37. The average Bonchev–Trinajstić information content (AvgIpc) is 2.53. The first-order valence-electron chi connectivity index (χ1n) is 5.80. The van der Waals surface area contributed by atoms with Crippen LogP contribution in [0.4, 0.5) is 8.78 Å². The number of benzene rings is 1. The minimum atomic E-state index is -3.48. The molecule has 1 heterocycles. The highest BCUT2D eigenvalue weighted by Crippen LogP contribution is 2.35. The van der Waals surface area contributed by atoms with Gasteiger partial charge in [-0.2, -0.15) is 8.78 Å². The Balaban J connectivity index is 2.19. The predicted octanol–water partition coefficient (Wildman–Crippen LogP) is 1.94. The fraction of sp³-hybridized carbons (Fsp3) is 0.385. The van der Waals surface area contributed by atoms with E-state index < -0.39 is 30.4 Å². The number of carbonyl (C=O) groups excluding carboxylic acids is 2. The number of halogens is 2. The van der Waals surface area contributed by atoms with Gasteiger partial charge >= 0.3 is 11.9 Å². The van der Waals surface area contributed by atoms with E-state index in [0.29, 0.717) is 5.56 Å². The zero-order chi connectivity index (χ0) is 14.0. The lowest BCUT2D eigenvalue weighted by atomic mass is 10.2. The van der Waals surface area contributed by atoms with Crippen molar-refractivity contribution in [2.75, 3.05) is 0 Å². The molecule has 1 amide bonds. The summed E-state index contributed by atoms with van der Waals surface area (Å²) in [6.07, 6.45) is -2.00. The summed E-state index contributed by atoms with van der Waals surface area (Å²) in [6, 6.07) is 8.71. The Morgan fingerprint density at radius 1 is 1.42 bits per heavy atom. The van der Waals surface area contributed by atoms with E-state index in [-0.39, 0.29) is 6.54 Å². The van der Waals surface area contributed by atoms with Crippen LogP contribution in [0.5, 0.6) is 0 Å². The molecule has 0 aromatic heterocycles. The summed E-state index contributed by atoms with van der Waals surface area (Å²) in [5.74, 6) is -5.47. The third-order valence-corrected chi connectivity index (χ3v) is 2.85. The lowest BCUT2D eigenvalue weighted by Gasteiger charge is -2.23. The molecule has 4 nitrogen and oxygen atoms in total. The van der Waals surface area contributed by atoms with Crippen LogP contribution in [0.15, 0.2) is 30.3 Å². The molecule has 1 fully saturated rings. The van der Waals surface area contributed by atoms with Crippen LogP contribution < -0.4 is 0 Å². The van der Waals surface area contributed by atoms with Crippen molar-refractivity contribution in [3.63, 3.8) is 0 Å². The molecule has 102 valence electrons. The predicted molar refractivity (Wildman–Crippen MR) is 62.1 cm³/mol. The van der Waals surface area contributed by atoms with Gasteiger partial charge in [0.25, 0.3) is 5.91 Å². The van der Waals surface area contributed by atoms with Crippen molar-refractivity contribution in [1.29, 1.82) is 0 Å². The molecular formula is C13H13F2NO3. The summed E-state index contributed by atoms with van der Waals surface area (Å²) < 4.78 is 31.6. The fourth-order valence-corrected chi connectivity index (χ4v) is 2.01. The number of nitrogens with zero attached hydrogens (tertiary/aromatic N) is 1. The first-order chi connectivity index (χ1) is 8.90. The van der Waals surface area contributed by atoms with Gasteiger partial charge in [0, 0.05) is 13.5 Å². The average molecular weight is 269 g/mol. The van der Waals surface area contributed by atoms with E-state index in [9.17, 15) is 18.4 Å². The van der Waals surface area contributed by atoms with Crippen LogP contribution in [-0.4, -0.2) is 28.9 Å². The maximum Gasteiger partial charge on any atom is 0.330 e. The summed E-state index contributed by atoms with van der Waals surface area (Å²) in [7, 11) is 0. The number of esters is 1. The molecule has 1 atom stereocenters. The highest BCUT2D eigenvalue weighted by atomic mass is 19.3. The van der Waals surface area contributed by atoms with E-state index >= 15 is 0 Å². The Morgan fingerprint density at radius 3 is 2.63 bits per heavy atom. The molecule has 6 heteroatoms. The smallest absolute Gasteiger partial charge is 0.330 e. The van der Waals surface area contributed by atoms with E-state index in [4.69, 9.17) is 4.74 Å². The van der Waals surface area contributed by atoms with E-state index in [1.54, 1.807) is 30.3 Å². The molecule has 0 radical (unpaired) electrons. The molecule has 2 rings (SSSR count). The van der Waals surface area contributed by atoms with Gasteiger partial charge in [-0.05, 0) is 5.56 Å². The Bertz CT molecular complexity index is 490. The Morgan fingerprint density at radius 2 is 2.05 bits per heavy atom. The van der Waals surface area contributed by atoms with Gasteiger partial charge in [-0.3, -0.25) is 14.5 Å². The summed E-state index contributed by atoms with van der Waals surface area (Å²) in [5, 5.41) is 0. The van der Waals surface area contributed by atoms with Gasteiger partial charge in [0.2, 0.25) is 0 Å². The topological polar surface area (TPSA) is 46.6 Å². The number of rotatable bonds is 3. The van der Waals surface area contributed by atoms with E-state index in [1.165, 1.54) is 0 Å². The highest BCUT2D eigenvalue weighted by Gasteiger charge is 2.54. The Hall–Kier alpha value is -1.98. The van der Waals surface area contributed by atoms with Crippen molar-refractivity contribution in [3.05, 3.63) is 35.9 Å². The molecule has 1 aromatic rings. The van der Waals surface area contributed by atoms with E-state index in [1.807, 2.05) is 0 Å². The quantitative estimate of drug-likeness (QED) is 0.788. The number of hydrogen-bond acceptors (Lipinski definition) is 3. The lowest BCUT2D eigenvalue weighted by molar-refractivity contribution is -0.158. The number of carbonyl (C=O) groups is 2. The van der Waals surface area contributed by atoms with Crippen molar-refractivity contribution >= 4 is 11.9 Å². The van der Waals surface area contributed by atoms with Gasteiger partial charge < -0.3 is 4.74 Å². The first kappa shape index (κ1) is 13.5. The van der Waals surface area contributed by atoms with Crippen LogP contribution in [0.1, 0.15) is 18.9 Å². The molecule has 19 heavy (non-hydrogen) atoms. The van der Waals surface area contributed by atoms with Crippen LogP contribution in [0.2, 0.25) is 0 Å². The molecule has 1 unspecified atom stereocenters. The minimum Gasteiger partial charge on any atom is -0.441 e. The Labute approximate surface area is 109 Å². The van der Waals surface area contributed by atoms with Gasteiger partial charge in [-0.1, -0.05) is 30.3 Å². The normalized spacial score (nSPS) is 21.5. The molecular weight excluding hydrogens is 256 g/mol. The van der Waals surface area contributed by atoms with E-state index in [0.717, 1.165) is 11.8 Å². The van der Waals surface area contributed by atoms with Crippen LogP contribution in [0.3, 0.4) is 0 Å². The molecule has 1 saturated heterocycles. The summed E-state index contributed by atoms with van der Waals surface area (Å²) in [5.41, 5.74) is 0.700. The number of likely N-dealkylation sites (tertiary alicyclic amines) is 1. The molecule has 1 aliphatic heterocycles. The molecule has 0 spiro atoms. The van der Waals surface area contributed by atoms with Crippen LogP contribution in [-0.2, 0) is 20.9 Å². The van der Waals surface area contributed by atoms with Crippen molar-refractivity contribution in [3.8, 4) is 0 Å². The SMILES string of the molecule is CC(=O)OC1CC(F)(F)C(=O)N1Cc1ccccc1. The summed E-state index contributed by atoms with van der Waals surface area (Å²) >= 11 is 0. The maximum atomic E-state index is 13.4. The number of alkyl halides is 2. The fourth-order valence-electron chi connectivity index (χ4n) is 2.01. The van der Waals surface area contributed by atoms with Gasteiger partial charge in [0.15, 0.2) is 6.23 Å². The van der Waals surface area contributed by atoms with Gasteiger partial charge in [-0.25, -0.2) is 0 Å². The monoisotopic (exact) mass is 269 g/mol. The summed E-state index contributed by atoms with van der Waals surface area (Å²) in [4.78, 5) is 23.4. The molecule has 1 aromatic carbocycles. The van der Waals surface area contributed by atoms with E-state index in [2.05, 4.69) is 0 Å². The number of ether oxygens (including phenoxy) is 1.